The fourth-order valence-corrected chi connectivity index (χ4v) is 3.24. The van der Waals surface area contributed by atoms with Gasteiger partial charge >= 0.3 is 23.9 Å². The number of benzene rings is 1. The first kappa shape index (κ1) is 25.8. The van der Waals surface area contributed by atoms with E-state index in [1.165, 1.54) is 6.92 Å². The van der Waals surface area contributed by atoms with Crippen LogP contribution in [0.2, 0.25) is 0 Å². The summed E-state index contributed by atoms with van der Waals surface area (Å²) >= 11 is 0. The Morgan fingerprint density at radius 2 is 1.42 bits per heavy atom. The Labute approximate surface area is 190 Å². The van der Waals surface area contributed by atoms with E-state index < -0.39 is 60.7 Å². The zero-order valence-corrected chi connectivity index (χ0v) is 18.6. The fourth-order valence-electron chi connectivity index (χ4n) is 3.24. The predicted octanol–water partition coefficient (Wildman–Crippen LogP) is 1.35. The number of nitrogens with zero attached hydrogens (tertiary/aromatic N) is 1. The zero-order valence-electron chi connectivity index (χ0n) is 18.6. The van der Waals surface area contributed by atoms with Crippen molar-refractivity contribution in [2.24, 2.45) is 0 Å². The van der Waals surface area contributed by atoms with E-state index in [-0.39, 0.29) is 6.61 Å². The first-order valence-electron chi connectivity index (χ1n) is 10.0. The number of hydrogen-bond donors (Lipinski definition) is 0. The molecule has 0 saturated carbocycles. The van der Waals surface area contributed by atoms with E-state index in [0.717, 1.165) is 20.8 Å². The van der Waals surface area contributed by atoms with Crippen LogP contribution in [0, 0.1) is 11.3 Å². The van der Waals surface area contributed by atoms with Crippen LogP contribution in [0.4, 0.5) is 0 Å². The van der Waals surface area contributed by atoms with Crippen molar-refractivity contribution in [3.05, 3.63) is 35.9 Å². The van der Waals surface area contributed by atoms with Gasteiger partial charge in [0.25, 0.3) is 0 Å². The van der Waals surface area contributed by atoms with Crippen LogP contribution in [0.15, 0.2) is 30.3 Å². The molecule has 0 unspecified atom stereocenters. The van der Waals surface area contributed by atoms with Crippen molar-refractivity contribution in [2.45, 2.75) is 64.5 Å². The van der Waals surface area contributed by atoms with Crippen molar-refractivity contribution in [1.82, 2.24) is 0 Å². The Hall–Kier alpha value is -3.49. The molecule has 1 aliphatic heterocycles. The van der Waals surface area contributed by atoms with E-state index >= 15 is 0 Å². The third kappa shape index (κ3) is 7.55. The molecule has 0 bridgehead atoms. The molecule has 0 spiro atoms. The maximum Gasteiger partial charge on any atom is 0.303 e. The fraction of sp³-hybridized carbons (Fsp3) is 0.500. The van der Waals surface area contributed by atoms with Gasteiger partial charge in [-0.2, -0.15) is 5.26 Å². The van der Waals surface area contributed by atoms with E-state index in [4.69, 9.17) is 28.4 Å². The lowest BCUT2D eigenvalue weighted by Gasteiger charge is -2.44. The molecule has 1 aromatic carbocycles. The summed E-state index contributed by atoms with van der Waals surface area (Å²) < 4.78 is 32.6. The molecule has 1 fully saturated rings. The largest absolute Gasteiger partial charge is 0.463 e. The molecule has 0 N–H and O–H groups in total. The smallest absolute Gasteiger partial charge is 0.303 e. The molecule has 11 heteroatoms. The Morgan fingerprint density at radius 1 is 0.879 bits per heavy atom. The van der Waals surface area contributed by atoms with Gasteiger partial charge in [0.1, 0.15) is 12.7 Å². The van der Waals surface area contributed by atoms with Crippen molar-refractivity contribution >= 4 is 23.9 Å². The highest BCUT2D eigenvalue weighted by atomic mass is 16.7. The SMILES string of the molecule is CC(=O)OC[C@H]1O[C@@H](O[C@@H](C#N)c2ccccc2)[C@H](OC(C)=O)[C@@H](OC(C)=O)[C@H]1OC(C)=O. The standard InChI is InChI=1S/C22H25NO10/c1-12(24)28-11-18-19(29-13(2)25)20(30-14(3)26)21(31-15(4)27)22(33-18)32-17(10-23)16-8-6-5-7-9-16/h5-9,17-22H,11H2,1-4H3/t17-,18+,19-,20-,21+,22+/m0/s1. The Kier molecular flexibility index (Phi) is 9.32. The third-order valence-corrected chi connectivity index (χ3v) is 4.44. The highest BCUT2D eigenvalue weighted by molar-refractivity contribution is 5.68. The maximum atomic E-state index is 11.8. The van der Waals surface area contributed by atoms with Gasteiger partial charge in [-0.15, -0.1) is 0 Å². The van der Waals surface area contributed by atoms with Crippen LogP contribution in [0.1, 0.15) is 39.4 Å². The van der Waals surface area contributed by atoms with Crippen molar-refractivity contribution in [2.75, 3.05) is 6.61 Å². The van der Waals surface area contributed by atoms with Crippen LogP contribution in [0.5, 0.6) is 0 Å². The average Bonchev–Trinajstić information content (AvgIpc) is 2.74. The quantitative estimate of drug-likeness (QED) is 0.406. The average molecular weight is 463 g/mol. The Morgan fingerprint density at radius 3 is 1.94 bits per heavy atom. The molecule has 0 radical (unpaired) electrons. The van der Waals surface area contributed by atoms with Crippen LogP contribution < -0.4 is 0 Å². The van der Waals surface area contributed by atoms with Crippen LogP contribution in [0.3, 0.4) is 0 Å². The highest BCUT2D eigenvalue weighted by Gasteiger charge is 2.53. The summed E-state index contributed by atoms with van der Waals surface area (Å²) in [7, 11) is 0. The molecular weight excluding hydrogens is 438 g/mol. The molecular formula is C22H25NO10. The molecule has 1 aliphatic rings. The van der Waals surface area contributed by atoms with Crippen molar-refractivity contribution in [3.8, 4) is 6.07 Å². The summed E-state index contributed by atoms with van der Waals surface area (Å²) in [4.78, 5) is 46.8. The number of carbonyl (C=O) groups excluding carboxylic acids is 4. The summed E-state index contributed by atoms with van der Waals surface area (Å²) in [5, 5.41) is 9.64. The second-order valence-electron chi connectivity index (χ2n) is 7.12. The number of hydrogen-bond acceptors (Lipinski definition) is 11. The normalized spacial score (nSPS) is 25.1. The maximum absolute atomic E-state index is 11.8. The minimum absolute atomic E-state index is 0.389. The molecule has 1 saturated heterocycles. The van der Waals surface area contributed by atoms with Gasteiger partial charge in [-0.05, 0) is 5.56 Å². The zero-order chi connectivity index (χ0) is 24.5. The molecule has 0 amide bonds. The van der Waals surface area contributed by atoms with Crippen LogP contribution in [-0.4, -0.2) is 61.2 Å². The molecule has 1 heterocycles. The highest BCUT2D eigenvalue weighted by Crippen LogP contribution is 2.32. The monoisotopic (exact) mass is 463 g/mol. The van der Waals surface area contributed by atoms with Gasteiger partial charge in [0.05, 0.1) is 6.07 Å². The van der Waals surface area contributed by atoms with E-state index in [0.29, 0.717) is 5.56 Å². The summed E-state index contributed by atoms with van der Waals surface area (Å²) in [6, 6.07) is 10.5. The second-order valence-corrected chi connectivity index (χ2v) is 7.12. The first-order valence-corrected chi connectivity index (χ1v) is 10.0. The number of rotatable bonds is 8. The molecule has 2 rings (SSSR count). The summed E-state index contributed by atoms with van der Waals surface area (Å²) in [6.45, 7) is 4.14. The molecule has 0 aromatic heterocycles. The Balaban J connectivity index is 2.46. The number of esters is 4. The van der Waals surface area contributed by atoms with Crippen LogP contribution in [0.25, 0.3) is 0 Å². The lowest BCUT2D eigenvalue weighted by Crippen LogP contribution is -2.63. The molecule has 6 atom stereocenters. The van der Waals surface area contributed by atoms with Gasteiger partial charge in [-0.3, -0.25) is 19.2 Å². The van der Waals surface area contributed by atoms with Crippen molar-refractivity contribution in [3.63, 3.8) is 0 Å². The predicted molar refractivity (Wildman–Crippen MR) is 108 cm³/mol. The Bertz CT molecular complexity index is 896. The van der Waals surface area contributed by atoms with E-state index in [9.17, 15) is 24.4 Å². The van der Waals surface area contributed by atoms with Crippen LogP contribution >= 0.6 is 0 Å². The van der Waals surface area contributed by atoms with Gasteiger partial charge in [0.2, 0.25) is 6.29 Å². The summed E-state index contributed by atoms with van der Waals surface area (Å²) in [6.07, 6.45) is -7.81. The van der Waals surface area contributed by atoms with Gasteiger partial charge in [0, 0.05) is 27.7 Å². The molecule has 33 heavy (non-hydrogen) atoms. The van der Waals surface area contributed by atoms with E-state index in [2.05, 4.69) is 0 Å². The summed E-state index contributed by atoms with van der Waals surface area (Å²) in [5.41, 5.74) is 0.493. The molecule has 11 nitrogen and oxygen atoms in total. The molecule has 178 valence electrons. The van der Waals surface area contributed by atoms with Gasteiger partial charge in [-0.25, -0.2) is 0 Å². The van der Waals surface area contributed by atoms with Crippen molar-refractivity contribution in [1.29, 1.82) is 5.26 Å². The third-order valence-electron chi connectivity index (χ3n) is 4.44. The first-order chi connectivity index (χ1) is 15.6. The topological polar surface area (TPSA) is 147 Å². The number of carbonyl (C=O) groups is 4. The summed E-state index contributed by atoms with van der Waals surface area (Å²) in [5.74, 6) is -2.90. The molecule has 0 aliphatic carbocycles. The van der Waals surface area contributed by atoms with Gasteiger partial charge in [0.15, 0.2) is 24.4 Å². The lowest BCUT2D eigenvalue weighted by atomic mass is 9.98. The van der Waals surface area contributed by atoms with Gasteiger partial charge in [-0.1, -0.05) is 30.3 Å². The van der Waals surface area contributed by atoms with E-state index in [1.807, 2.05) is 6.07 Å². The minimum Gasteiger partial charge on any atom is -0.463 e. The molecule has 1 aromatic rings. The minimum atomic E-state index is -1.43. The van der Waals surface area contributed by atoms with Gasteiger partial charge < -0.3 is 28.4 Å². The lowest BCUT2D eigenvalue weighted by molar-refractivity contribution is -0.314. The number of ether oxygens (including phenoxy) is 6. The van der Waals surface area contributed by atoms with Crippen molar-refractivity contribution < 1.29 is 47.6 Å². The van der Waals surface area contributed by atoms with E-state index in [1.54, 1.807) is 30.3 Å². The van der Waals surface area contributed by atoms with Crippen LogP contribution in [-0.2, 0) is 47.6 Å². The number of nitriles is 1. The second kappa shape index (κ2) is 11.9.